The summed E-state index contributed by atoms with van der Waals surface area (Å²) in [6.45, 7) is 3.28. The Balaban J connectivity index is 0.00000256. The molecule has 0 spiro atoms. The zero-order valence-corrected chi connectivity index (χ0v) is 18.1. The summed E-state index contributed by atoms with van der Waals surface area (Å²) in [4.78, 5) is 0. The van der Waals surface area contributed by atoms with Crippen molar-refractivity contribution in [3.8, 4) is 11.5 Å². The lowest BCUT2D eigenvalue weighted by atomic mass is 9.82. The van der Waals surface area contributed by atoms with Crippen molar-refractivity contribution in [3.63, 3.8) is 0 Å². The molecule has 4 rings (SSSR count). The van der Waals surface area contributed by atoms with Gasteiger partial charge in [-0.2, -0.15) is 13.9 Å². The molecule has 2 heterocycles. The van der Waals surface area contributed by atoms with Gasteiger partial charge < -0.3 is 19.9 Å². The predicted octanol–water partition coefficient (Wildman–Crippen LogP) is 3.61. The molecule has 2 aliphatic heterocycles. The number of hydrogen-bond acceptors (Lipinski definition) is 6. The number of hydrogen-bond donors (Lipinski definition) is 2. The van der Waals surface area contributed by atoms with E-state index in [4.69, 9.17) is 9.84 Å². The maximum absolute atomic E-state index is 12.8. The number of halogens is 3. The highest BCUT2D eigenvalue weighted by Gasteiger charge is 2.46. The van der Waals surface area contributed by atoms with Gasteiger partial charge in [0.15, 0.2) is 17.7 Å². The van der Waals surface area contributed by atoms with Crippen molar-refractivity contribution < 1.29 is 23.4 Å². The Hall–Kier alpha value is -1.64. The Morgan fingerprint density at radius 1 is 1.20 bits per heavy atom. The average molecular weight is 446 g/mol. The number of hydrazone groups is 1. The van der Waals surface area contributed by atoms with Crippen LogP contribution in [0.15, 0.2) is 23.3 Å². The first-order chi connectivity index (χ1) is 13.9. The molecule has 1 atom stereocenters. The molecular formula is C21H30ClF2N3O3. The molecule has 2 N–H and O–H groups in total. The summed E-state index contributed by atoms with van der Waals surface area (Å²) in [5, 5.41) is 20.9. The van der Waals surface area contributed by atoms with Crippen molar-refractivity contribution in [1.82, 2.24) is 10.3 Å². The zero-order chi connectivity index (χ0) is 20.6. The Bertz CT molecular complexity index is 768. The maximum Gasteiger partial charge on any atom is 0.387 e. The van der Waals surface area contributed by atoms with E-state index >= 15 is 0 Å². The van der Waals surface area contributed by atoms with E-state index in [1.165, 1.54) is 6.07 Å². The monoisotopic (exact) mass is 445 g/mol. The lowest BCUT2D eigenvalue weighted by molar-refractivity contribution is -0.0596. The molecule has 1 aromatic carbocycles. The van der Waals surface area contributed by atoms with Gasteiger partial charge in [0.25, 0.3) is 0 Å². The molecule has 1 aromatic rings. The molecule has 3 aliphatic rings. The molecule has 0 radical (unpaired) electrons. The minimum absolute atomic E-state index is 0. The summed E-state index contributed by atoms with van der Waals surface area (Å²) >= 11 is 0. The van der Waals surface area contributed by atoms with Crippen LogP contribution >= 0.6 is 12.4 Å². The quantitative estimate of drug-likeness (QED) is 0.671. The van der Waals surface area contributed by atoms with Gasteiger partial charge >= 0.3 is 6.61 Å². The van der Waals surface area contributed by atoms with Crippen LogP contribution in [-0.4, -0.2) is 54.4 Å². The van der Waals surface area contributed by atoms with Crippen molar-refractivity contribution in [2.45, 2.75) is 58.4 Å². The first kappa shape index (κ1) is 23.0. The Labute approximate surface area is 182 Å². The predicted molar refractivity (Wildman–Crippen MR) is 113 cm³/mol. The molecule has 6 nitrogen and oxygen atoms in total. The summed E-state index contributed by atoms with van der Waals surface area (Å²) in [7, 11) is 0. The van der Waals surface area contributed by atoms with E-state index in [1.54, 1.807) is 12.1 Å². The summed E-state index contributed by atoms with van der Waals surface area (Å²) < 4.78 is 36.0. The van der Waals surface area contributed by atoms with Crippen molar-refractivity contribution in [2.24, 2.45) is 16.4 Å². The molecule has 0 amide bonds. The fraction of sp³-hybridized carbons (Fsp3) is 0.667. The van der Waals surface area contributed by atoms with Gasteiger partial charge in [0, 0.05) is 5.56 Å². The highest BCUT2D eigenvalue weighted by molar-refractivity contribution is 6.06. The highest BCUT2D eigenvalue weighted by atomic mass is 35.5. The number of benzene rings is 1. The van der Waals surface area contributed by atoms with Gasteiger partial charge in [0.05, 0.1) is 23.8 Å². The fourth-order valence-electron chi connectivity index (χ4n) is 3.99. The van der Waals surface area contributed by atoms with Crippen LogP contribution in [0.1, 0.15) is 45.1 Å². The molecule has 30 heavy (non-hydrogen) atoms. The highest BCUT2D eigenvalue weighted by Crippen LogP contribution is 2.40. The number of ether oxygens (including phenoxy) is 2. The molecule has 1 saturated heterocycles. The second kappa shape index (κ2) is 9.24. The second-order valence-corrected chi connectivity index (χ2v) is 8.70. The van der Waals surface area contributed by atoms with Gasteiger partial charge in [-0.05, 0) is 76.7 Å². The van der Waals surface area contributed by atoms with Gasteiger partial charge in [-0.25, -0.2) is 0 Å². The number of rotatable bonds is 7. The third kappa shape index (κ3) is 4.81. The van der Waals surface area contributed by atoms with E-state index in [0.29, 0.717) is 18.3 Å². The number of aliphatic hydroxyl groups is 1. The van der Waals surface area contributed by atoms with E-state index in [2.05, 4.69) is 10.1 Å². The minimum atomic E-state index is -2.92. The van der Waals surface area contributed by atoms with Crippen LogP contribution in [0.3, 0.4) is 0 Å². The third-order valence-corrected chi connectivity index (χ3v) is 6.01. The van der Waals surface area contributed by atoms with Crippen LogP contribution in [0.2, 0.25) is 0 Å². The van der Waals surface area contributed by atoms with Crippen LogP contribution in [0.4, 0.5) is 8.78 Å². The minimum Gasteiger partial charge on any atom is -0.489 e. The molecule has 0 bridgehead atoms. The molecule has 2 fully saturated rings. The van der Waals surface area contributed by atoms with Crippen molar-refractivity contribution >= 4 is 18.1 Å². The second-order valence-electron chi connectivity index (χ2n) is 8.70. The number of nitrogens with zero attached hydrogens (tertiary/aromatic N) is 2. The molecular weight excluding hydrogens is 416 g/mol. The van der Waals surface area contributed by atoms with Gasteiger partial charge in [0.2, 0.25) is 0 Å². The summed E-state index contributed by atoms with van der Waals surface area (Å²) in [5.74, 6) is 0.801. The largest absolute Gasteiger partial charge is 0.489 e. The Kier molecular flexibility index (Phi) is 7.09. The van der Waals surface area contributed by atoms with Crippen molar-refractivity contribution in [2.75, 3.05) is 19.7 Å². The molecule has 9 heteroatoms. The normalized spacial score (nSPS) is 23.9. The zero-order valence-electron chi connectivity index (χ0n) is 17.3. The fourth-order valence-corrected chi connectivity index (χ4v) is 3.99. The number of alkyl halides is 2. The summed E-state index contributed by atoms with van der Waals surface area (Å²) in [6, 6.07) is 5.09. The molecule has 1 aliphatic carbocycles. The lowest BCUT2D eigenvalue weighted by Crippen LogP contribution is -2.47. The van der Waals surface area contributed by atoms with Gasteiger partial charge in [-0.3, -0.25) is 5.01 Å². The van der Waals surface area contributed by atoms with Crippen molar-refractivity contribution in [1.29, 1.82) is 0 Å². The Morgan fingerprint density at radius 3 is 2.53 bits per heavy atom. The lowest BCUT2D eigenvalue weighted by Gasteiger charge is -2.35. The number of aliphatic hydroxyl groups excluding tert-OH is 1. The van der Waals surface area contributed by atoms with Crippen LogP contribution in [-0.2, 0) is 0 Å². The average Bonchev–Trinajstić information content (AvgIpc) is 3.48. The van der Waals surface area contributed by atoms with Crippen LogP contribution in [0.5, 0.6) is 11.5 Å². The smallest absolute Gasteiger partial charge is 0.387 e. The molecule has 0 aromatic heterocycles. The van der Waals surface area contributed by atoms with Crippen LogP contribution < -0.4 is 14.8 Å². The van der Waals surface area contributed by atoms with Gasteiger partial charge in [-0.1, -0.05) is 0 Å². The molecule has 1 unspecified atom stereocenters. The van der Waals surface area contributed by atoms with E-state index in [-0.39, 0.29) is 24.2 Å². The van der Waals surface area contributed by atoms with Crippen LogP contribution in [0, 0.1) is 11.3 Å². The molecule has 168 valence electrons. The topological polar surface area (TPSA) is 66.3 Å². The summed E-state index contributed by atoms with van der Waals surface area (Å²) in [5.41, 5.74) is 0.866. The third-order valence-electron chi connectivity index (χ3n) is 6.01. The summed E-state index contributed by atoms with van der Waals surface area (Å²) in [6.07, 6.45) is 3.29. The number of nitrogens with one attached hydrogen (secondary N) is 1. The van der Waals surface area contributed by atoms with Gasteiger partial charge in [0.1, 0.15) is 0 Å². The van der Waals surface area contributed by atoms with E-state index in [0.717, 1.165) is 50.0 Å². The molecule has 1 saturated carbocycles. The van der Waals surface area contributed by atoms with E-state index in [9.17, 15) is 13.9 Å². The first-order valence-electron chi connectivity index (χ1n) is 10.3. The van der Waals surface area contributed by atoms with E-state index in [1.807, 2.05) is 18.9 Å². The first-order valence-corrected chi connectivity index (χ1v) is 10.3. The number of piperidine rings is 1. The Morgan fingerprint density at radius 2 is 1.90 bits per heavy atom. The van der Waals surface area contributed by atoms with E-state index < -0.39 is 18.3 Å². The SMILES string of the molecule is CC1(C)C(c2ccc(OC(F)F)c(OCC3CC3)c2)=NN(C2CCNCC2)C1O.Cl. The standard InChI is InChI=1S/C21H29F2N3O3.ClH/c1-21(2)18(25-26(19(21)27)15-7-9-24-10-8-15)14-5-6-16(29-20(22)23)17(11-14)28-12-13-3-4-13;/h5-6,11,13,15,19-20,24,27H,3-4,7-10,12H2,1-2H3;1H. The van der Waals surface area contributed by atoms with Crippen molar-refractivity contribution in [3.05, 3.63) is 23.8 Å². The maximum atomic E-state index is 12.8. The van der Waals surface area contributed by atoms with Crippen LogP contribution in [0.25, 0.3) is 0 Å². The van der Waals surface area contributed by atoms with Gasteiger partial charge in [-0.15, -0.1) is 12.4 Å².